The normalized spacial score (nSPS) is 14.5. The van der Waals surface area contributed by atoms with E-state index in [1.807, 2.05) is 0 Å². The first-order chi connectivity index (χ1) is 5.77. The fourth-order valence-corrected chi connectivity index (χ4v) is 1.48. The maximum Gasteiger partial charge on any atom is 0.145 e. The summed E-state index contributed by atoms with van der Waals surface area (Å²) < 4.78 is 18.6. The van der Waals surface area contributed by atoms with E-state index in [2.05, 4.69) is 21.2 Å². The summed E-state index contributed by atoms with van der Waals surface area (Å²) in [6.45, 7) is 1.36. The summed E-state index contributed by atoms with van der Waals surface area (Å²) in [5.74, 6) is 0.291. The molecule has 0 unspecified atom stereocenters. The summed E-state index contributed by atoms with van der Waals surface area (Å²) in [6.07, 6.45) is 0. The van der Waals surface area contributed by atoms with Crippen molar-refractivity contribution in [1.29, 1.82) is 0 Å². The van der Waals surface area contributed by atoms with Crippen molar-refractivity contribution in [2.45, 2.75) is 0 Å². The number of rotatable bonds is 0. The third kappa shape index (κ3) is 1.27. The highest BCUT2D eigenvalue weighted by Crippen LogP contribution is 2.32. The van der Waals surface area contributed by atoms with Gasteiger partial charge in [0, 0.05) is 12.6 Å². The number of halogens is 2. The smallest absolute Gasteiger partial charge is 0.145 e. The molecule has 1 aromatic rings. The molecule has 12 heavy (non-hydrogen) atoms. The van der Waals surface area contributed by atoms with E-state index in [4.69, 9.17) is 4.74 Å². The van der Waals surface area contributed by atoms with Gasteiger partial charge in [-0.2, -0.15) is 0 Å². The molecule has 0 aliphatic carbocycles. The maximum atomic E-state index is 13.0. The molecule has 4 heteroatoms. The Morgan fingerprint density at radius 2 is 2.33 bits per heavy atom. The molecule has 1 aliphatic rings. The molecule has 0 aromatic heterocycles. The number of benzene rings is 1. The molecule has 0 saturated carbocycles. The Morgan fingerprint density at radius 3 is 3.17 bits per heavy atom. The van der Waals surface area contributed by atoms with E-state index < -0.39 is 0 Å². The molecule has 1 aliphatic heterocycles. The van der Waals surface area contributed by atoms with E-state index in [1.54, 1.807) is 6.07 Å². The molecule has 0 atom stereocenters. The van der Waals surface area contributed by atoms with Crippen LogP contribution >= 0.6 is 15.9 Å². The van der Waals surface area contributed by atoms with Crippen LogP contribution in [0.2, 0.25) is 0 Å². The Kier molecular flexibility index (Phi) is 1.92. The third-order valence-corrected chi connectivity index (χ3v) is 2.31. The van der Waals surface area contributed by atoms with Crippen LogP contribution in [-0.2, 0) is 0 Å². The Bertz CT molecular complexity index is 285. The van der Waals surface area contributed by atoms with Crippen LogP contribution in [0.4, 0.5) is 10.1 Å². The largest absolute Gasteiger partial charge is 0.489 e. The fourth-order valence-electron chi connectivity index (χ4n) is 1.13. The Labute approximate surface area is 77.9 Å². The van der Waals surface area contributed by atoms with Crippen LogP contribution in [-0.4, -0.2) is 13.2 Å². The first-order valence-electron chi connectivity index (χ1n) is 3.63. The van der Waals surface area contributed by atoms with Crippen LogP contribution in [0.5, 0.6) is 5.75 Å². The Morgan fingerprint density at radius 1 is 1.50 bits per heavy atom. The number of anilines is 1. The number of nitrogens with one attached hydrogen (secondary N) is 1. The minimum Gasteiger partial charge on any atom is -0.489 e. The highest BCUT2D eigenvalue weighted by molar-refractivity contribution is 9.10. The van der Waals surface area contributed by atoms with Gasteiger partial charge >= 0.3 is 0 Å². The monoisotopic (exact) mass is 231 g/mol. The van der Waals surface area contributed by atoms with E-state index in [9.17, 15) is 4.39 Å². The molecule has 1 N–H and O–H groups in total. The summed E-state index contributed by atoms with van der Waals surface area (Å²) >= 11 is 3.10. The highest BCUT2D eigenvalue weighted by atomic mass is 79.9. The Balaban J connectivity index is 2.49. The van der Waals surface area contributed by atoms with Gasteiger partial charge in [0.1, 0.15) is 18.2 Å². The van der Waals surface area contributed by atoms with Gasteiger partial charge in [0.15, 0.2) is 0 Å². The summed E-state index contributed by atoms with van der Waals surface area (Å²) in [7, 11) is 0. The van der Waals surface area contributed by atoms with Gasteiger partial charge in [-0.05, 0) is 22.0 Å². The van der Waals surface area contributed by atoms with Crippen molar-refractivity contribution in [3.05, 3.63) is 22.4 Å². The molecule has 0 radical (unpaired) electrons. The predicted molar refractivity (Wildman–Crippen MR) is 48.1 cm³/mol. The number of ether oxygens (including phenoxy) is 1. The fraction of sp³-hybridized carbons (Fsp3) is 0.250. The Hall–Kier alpha value is -0.770. The van der Waals surface area contributed by atoms with Crippen molar-refractivity contribution in [2.24, 2.45) is 0 Å². The quantitative estimate of drug-likeness (QED) is 0.741. The number of hydrogen-bond donors (Lipinski definition) is 1. The van der Waals surface area contributed by atoms with Gasteiger partial charge in [-0.3, -0.25) is 0 Å². The molecular weight excluding hydrogens is 225 g/mol. The van der Waals surface area contributed by atoms with Crippen molar-refractivity contribution in [2.75, 3.05) is 18.5 Å². The zero-order valence-corrected chi connectivity index (χ0v) is 7.82. The molecule has 64 valence electrons. The average molecular weight is 232 g/mol. The van der Waals surface area contributed by atoms with Crippen LogP contribution < -0.4 is 10.1 Å². The van der Waals surface area contributed by atoms with E-state index in [0.717, 1.165) is 12.2 Å². The second-order valence-electron chi connectivity index (χ2n) is 2.54. The topological polar surface area (TPSA) is 21.3 Å². The standard InChI is InChI=1S/C8H7BrFNO/c9-5-3-7-8(4-6(5)10)12-2-1-11-7/h3-4,11H,1-2H2. The van der Waals surface area contributed by atoms with Crippen LogP contribution in [0.1, 0.15) is 0 Å². The van der Waals surface area contributed by atoms with E-state index in [-0.39, 0.29) is 5.82 Å². The van der Waals surface area contributed by atoms with Gasteiger partial charge in [0.2, 0.25) is 0 Å². The molecule has 1 aromatic carbocycles. The summed E-state index contributed by atoms with van der Waals surface area (Å²) in [4.78, 5) is 0. The van der Waals surface area contributed by atoms with Gasteiger partial charge in [-0.15, -0.1) is 0 Å². The van der Waals surface area contributed by atoms with Crippen molar-refractivity contribution < 1.29 is 9.13 Å². The van der Waals surface area contributed by atoms with Gasteiger partial charge < -0.3 is 10.1 Å². The van der Waals surface area contributed by atoms with Gasteiger partial charge in [0.05, 0.1) is 10.2 Å². The van der Waals surface area contributed by atoms with Gasteiger partial charge in [-0.25, -0.2) is 4.39 Å². The first-order valence-corrected chi connectivity index (χ1v) is 4.42. The first kappa shape index (κ1) is 7.86. The van der Waals surface area contributed by atoms with Crippen molar-refractivity contribution >= 4 is 21.6 Å². The SMILES string of the molecule is Fc1cc2c(cc1Br)NCCO2. The van der Waals surface area contributed by atoms with Crippen molar-refractivity contribution in [3.63, 3.8) is 0 Å². The average Bonchev–Trinajstić information content (AvgIpc) is 2.07. The second kappa shape index (κ2) is 2.94. The maximum absolute atomic E-state index is 13.0. The van der Waals surface area contributed by atoms with Crippen molar-refractivity contribution in [1.82, 2.24) is 0 Å². The zero-order chi connectivity index (χ0) is 8.55. The molecule has 2 nitrogen and oxygen atoms in total. The van der Waals surface area contributed by atoms with E-state index in [0.29, 0.717) is 16.8 Å². The van der Waals surface area contributed by atoms with Crippen LogP contribution in [0.3, 0.4) is 0 Å². The lowest BCUT2D eigenvalue weighted by molar-refractivity contribution is 0.321. The summed E-state index contributed by atoms with van der Waals surface area (Å²) in [5.41, 5.74) is 0.842. The minimum atomic E-state index is -0.294. The second-order valence-corrected chi connectivity index (χ2v) is 3.39. The summed E-state index contributed by atoms with van der Waals surface area (Å²) in [6, 6.07) is 3.06. The molecule has 0 fully saturated rings. The zero-order valence-electron chi connectivity index (χ0n) is 6.23. The lowest BCUT2D eigenvalue weighted by Crippen LogP contribution is -2.18. The molecule has 0 amide bonds. The highest BCUT2D eigenvalue weighted by Gasteiger charge is 2.12. The lowest BCUT2D eigenvalue weighted by atomic mass is 10.2. The van der Waals surface area contributed by atoms with Crippen LogP contribution in [0, 0.1) is 5.82 Å². The van der Waals surface area contributed by atoms with E-state index in [1.165, 1.54) is 6.07 Å². The predicted octanol–water partition coefficient (Wildman–Crippen LogP) is 2.39. The summed E-state index contributed by atoms with van der Waals surface area (Å²) in [5, 5.41) is 3.11. The molecule has 1 heterocycles. The number of fused-ring (bicyclic) bond motifs is 1. The van der Waals surface area contributed by atoms with Crippen LogP contribution in [0.25, 0.3) is 0 Å². The number of hydrogen-bond acceptors (Lipinski definition) is 2. The molecule has 0 spiro atoms. The van der Waals surface area contributed by atoms with Gasteiger partial charge in [0.25, 0.3) is 0 Å². The van der Waals surface area contributed by atoms with Crippen molar-refractivity contribution in [3.8, 4) is 5.75 Å². The van der Waals surface area contributed by atoms with Crippen LogP contribution in [0.15, 0.2) is 16.6 Å². The third-order valence-electron chi connectivity index (χ3n) is 1.70. The molecule has 2 rings (SSSR count). The van der Waals surface area contributed by atoms with E-state index >= 15 is 0 Å². The lowest BCUT2D eigenvalue weighted by Gasteiger charge is -2.19. The molecule has 0 saturated heterocycles. The van der Waals surface area contributed by atoms with Gasteiger partial charge in [-0.1, -0.05) is 0 Å². The molecular formula is C8H7BrFNO. The minimum absolute atomic E-state index is 0.294. The molecule has 0 bridgehead atoms.